The molecule has 0 aliphatic carbocycles. The SMILES string of the molecule is CC(=O)c1ccc(N2C(=O)c3oc4ccc(Cl)cc4c(=O)c3C2c2cccc(OCc3ccccc3)c2)cc1. The van der Waals surface area contributed by atoms with Crippen LogP contribution in [0, 0.1) is 0 Å². The normalized spacial score (nSPS) is 14.5. The van der Waals surface area contributed by atoms with Crippen LogP contribution in [0.1, 0.15) is 50.6 Å². The van der Waals surface area contributed by atoms with E-state index in [1.165, 1.54) is 11.8 Å². The Hall–Kier alpha value is -4.68. The van der Waals surface area contributed by atoms with Gasteiger partial charge in [-0.2, -0.15) is 0 Å². The first-order chi connectivity index (χ1) is 18.9. The fourth-order valence-electron chi connectivity index (χ4n) is 4.90. The lowest BCUT2D eigenvalue weighted by Gasteiger charge is -2.25. The molecule has 7 heteroatoms. The van der Waals surface area contributed by atoms with E-state index in [2.05, 4.69) is 0 Å². The summed E-state index contributed by atoms with van der Waals surface area (Å²) in [6.07, 6.45) is 0. The highest BCUT2D eigenvalue weighted by molar-refractivity contribution is 6.31. The number of nitrogens with zero attached hydrogens (tertiary/aromatic N) is 1. The minimum atomic E-state index is -0.782. The molecule has 1 aliphatic heterocycles. The number of fused-ring (bicyclic) bond motifs is 2. The monoisotopic (exact) mass is 535 g/mol. The molecule has 4 aromatic carbocycles. The van der Waals surface area contributed by atoms with Gasteiger partial charge in [0.25, 0.3) is 5.91 Å². The zero-order valence-corrected chi connectivity index (χ0v) is 21.6. The van der Waals surface area contributed by atoms with Gasteiger partial charge in [-0.15, -0.1) is 0 Å². The van der Waals surface area contributed by atoms with Crippen LogP contribution < -0.4 is 15.1 Å². The number of amides is 1. The average molecular weight is 536 g/mol. The lowest BCUT2D eigenvalue weighted by molar-refractivity contribution is 0.0970. The van der Waals surface area contributed by atoms with Gasteiger partial charge in [-0.3, -0.25) is 19.3 Å². The lowest BCUT2D eigenvalue weighted by atomic mass is 9.98. The molecule has 1 amide bonds. The summed E-state index contributed by atoms with van der Waals surface area (Å²) in [6.45, 7) is 1.85. The molecule has 0 spiro atoms. The van der Waals surface area contributed by atoms with Crippen LogP contribution in [0.15, 0.2) is 106 Å². The highest BCUT2D eigenvalue weighted by atomic mass is 35.5. The number of halogens is 1. The molecule has 0 fully saturated rings. The van der Waals surface area contributed by atoms with Crippen molar-refractivity contribution in [1.29, 1.82) is 0 Å². The van der Waals surface area contributed by atoms with Crippen LogP contribution in [0.3, 0.4) is 0 Å². The van der Waals surface area contributed by atoms with Crippen molar-refractivity contribution in [3.05, 3.63) is 140 Å². The summed E-state index contributed by atoms with van der Waals surface area (Å²) in [6, 6.07) is 27.8. The Morgan fingerprint density at radius 1 is 0.923 bits per heavy atom. The van der Waals surface area contributed by atoms with Crippen LogP contribution in [0.5, 0.6) is 5.75 Å². The molecule has 6 rings (SSSR count). The molecule has 0 bridgehead atoms. The molecular weight excluding hydrogens is 514 g/mol. The van der Waals surface area contributed by atoms with Crippen molar-refractivity contribution in [3.63, 3.8) is 0 Å². The average Bonchev–Trinajstić information content (AvgIpc) is 3.25. The van der Waals surface area contributed by atoms with Gasteiger partial charge < -0.3 is 9.15 Å². The minimum Gasteiger partial charge on any atom is -0.489 e. The first-order valence-corrected chi connectivity index (χ1v) is 12.8. The van der Waals surface area contributed by atoms with Crippen LogP contribution in [0.2, 0.25) is 5.02 Å². The quantitative estimate of drug-likeness (QED) is 0.219. The van der Waals surface area contributed by atoms with Crippen molar-refractivity contribution < 1.29 is 18.7 Å². The number of hydrogen-bond donors (Lipinski definition) is 0. The van der Waals surface area contributed by atoms with Crippen molar-refractivity contribution in [2.45, 2.75) is 19.6 Å². The first kappa shape index (κ1) is 24.6. The Morgan fingerprint density at radius 2 is 1.69 bits per heavy atom. The number of Topliss-reactive ketones (excluding diaryl/α,β-unsaturated/α-hetero) is 1. The number of carbonyl (C=O) groups excluding carboxylic acids is 2. The maximum absolute atomic E-state index is 13.8. The van der Waals surface area contributed by atoms with Gasteiger partial charge in [0.2, 0.25) is 5.76 Å². The number of rotatable bonds is 6. The highest BCUT2D eigenvalue weighted by Gasteiger charge is 2.43. The predicted octanol–water partition coefficient (Wildman–Crippen LogP) is 6.98. The topological polar surface area (TPSA) is 76.8 Å². The van der Waals surface area contributed by atoms with Crippen molar-refractivity contribution in [1.82, 2.24) is 0 Å². The van der Waals surface area contributed by atoms with Gasteiger partial charge in [0.15, 0.2) is 11.2 Å². The molecule has 1 atom stereocenters. The molecule has 0 N–H and O–H groups in total. The zero-order valence-electron chi connectivity index (χ0n) is 20.9. The van der Waals surface area contributed by atoms with Gasteiger partial charge in [0.1, 0.15) is 17.9 Å². The molecule has 6 nitrogen and oxygen atoms in total. The number of hydrogen-bond acceptors (Lipinski definition) is 5. The van der Waals surface area contributed by atoms with E-state index >= 15 is 0 Å². The van der Waals surface area contributed by atoms with Gasteiger partial charge in [0.05, 0.1) is 17.0 Å². The number of ketones is 1. The van der Waals surface area contributed by atoms with Gasteiger partial charge in [0, 0.05) is 16.3 Å². The van der Waals surface area contributed by atoms with E-state index in [4.69, 9.17) is 20.8 Å². The molecular formula is C32H22ClNO5. The van der Waals surface area contributed by atoms with E-state index in [0.29, 0.717) is 39.6 Å². The second-order valence-corrected chi connectivity index (χ2v) is 9.78. The van der Waals surface area contributed by atoms with Gasteiger partial charge >= 0.3 is 0 Å². The maximum atomic E-state index is 13.8. The van der Waals surface area contributed by atoms with Crippen molar-refractivity contribution in [2.75, 3.05) is 4.90 Å². The van der Waals surface area contributed by atoms with Crippen molar-refractivity contribution in [2.24, 2.45) is 0 Å². The Kier molecular flexibility index (Phi) is 6.25. The molecule has 39 heavy (non-hydrogen) atoms. The summed E-state index contributed by atoms with van der Waals surface area (Å²) in [5.41, 5.74) is 2.92. The standard InChI is InChI=1S/C32H22ClNO5/c1-19(35)21-10-13-24(14-11-21)34-29(22-8-5-9-25(16-22)38-18-20-6-3-2-4-7-20)28-30(36)26-17-23(33)12-15-27(26)39-31(28)32(34)37/h2-17,29H,18H2,1H3. The summed E-state index contributed by atoms with van der Waals surface area (Å²) in [4.78, 5) is 41.0. The number of benzene rings is 4. The third-order valence-electron chi connectivity index (χ3n) is 6.81. The molecule has 0 saturated carbocycles. The Morgan fingerprint density at radius 3 is 2.44 bits per heavy atom. The van der Waals surface area contributed by atoms with E-state index in [9.17, 15) is 14.4 Å². The fraction of sp³-hybridized carbons (Fsp3) is 0.0938. The molecule has 5 aromatic rings. The summed E-state index contributed by atoms with van der Waals surface area (Å²) in [5, 5.41) is 0.688. The summed E-state index contributed by atoms with van der Waals surface area (Å²) in [7, 11) is 0. The van der Waals surface area contributed by atoms with E-state index in [1.807, 2.05) is 54.6 Å². The van der Waals surface area contributed by atoms with Crippen LogP contribution in [-0.4, -0.2) is 11.7 Å². The van der Waals surface area contributed by atoms with Crippen molar-refractivity contribution in [3.8, 4) is 5.75 Å². The highest BCUT2D eigenvalue weighted by Crippen LogP contribution is 2.42. The summed E-state index contributed by atoms with van der Waals surface area (Å²) in [5.74, 6) is 0.0379. The van der Waals surface area contributed by atoms with Crippen molar-refractivity contribution >= 4 is 39.9 Å². The Bertz CT molecular complexity index is 1790. The minimum absolute atomic E-state index is 0.0222. The third-order valence-corrected chi connectivity index (χ3v) is 7.04. The third kappa shape index (κ3) is 4.49. The molecule has 2 heterocycles. The molecule has 1 unspecified atom stereocenters. The Balaban J connectivity index is 1.49. The maximum Gasteiger partial charge on any atom is 0.295 e. The summed E-state index contributed by atoms with van der Waals surface area (Å²) < 4.78 is 12.1. The number of anilines is 1. The van der Waals surface area contributed by atoms with E-state index in [-0.39, 0.29) is 28.1 Å². The van der Waals surface area contributed by atoms with E-state index < -0.39 is 11.9 Å². The van der Waals surface area contributed by atoms with E-state index in [0.717, 1.165) is 5.56 Å². The van der Waals surface area contributed by atoms with Crippen LogP contribution >= 0.6 is 11.6 Å². The van der Waals surface area contributed by atoms with Crippen LogP contribution in [-0.2, 0) is 6.61 Å². The van der Waals surface area contributed by atoms with Gasteiger partial charge in [-0.1, -0.05) is 54.1 Å². The second-order valence-electron chi connectivity index (χ2n) is 9.34. The fourth-order valence-corrected chi connectivity index (χ4v) is 5.07. The first-order valence-electron chi connectivity index (χ1n) is 12.4. The zero-order chi connectivity index (χ0) is 27.1. The smallest absolute Gasteiger partial charge is 0.295 e. The molecule has 1 aromatic heterocycles. The van der Waals surface area contributed by atoms with Gasteiger partial charge in [-0.05, 0) is 72.6 Å². The summed E-state index contributed by atoms with van der Waals surface area (Å²) >= 11 is 6.19. The largest absolute Gasteiger partial charge is 0.489 e. The molecule has 0 radical (unpaired) electrons. The second kappa shape index (κ2) is 9.89. The molecule has 192 valence electrons. The van der Waals surface area contributed by atoms with Gasteiger partial charge in [-0.25, -0.2) is 0 Å². The molecule has 0 saturated heterocycles. The Labute approximate surface area is 229 Å². The predicted molar refractivity (Wildman–Crippen MR) is 150 cm³/mol. The number of carbonyl (C=O) groups is 2. The molecule has 1 aliphatic rings. The van der Waals surface area contributed by atoms with Crippen LogP contribution in [0.4, 0.5) is 5.69 Å². The number of ether oxygens (including phenoxy) is 1. The lowest BCUT2D eigenvalue weighted by Crippen LogP contribution is -2.29. The van der Waals surface area contributed by atoms with E-state index in [1.54, 1.807) is 42.5 Å². The van der Waals surface area contributed by atoms with Crippen LogP contribution in [0.25, 0.3) is 11.0 Å².